The third-order valence-electron chi connectivity index (χ3n) is 1.86. The van der Waals surface area contributed by atoms with Gasteiger partial charge in [0.2, 0.25) is 5.91 Å². The van der Waals surface area contributed by atoms with Crippen LogP contribution in [0.25, 0.3) is 0 Å². The Kier molecular flexibility index (Phi) is 3.85. The van der Waals surface area contributed by atoms with Crippen LogP contribution in [0, 0.1) is 0 Å². The van der Waals surface area contributed by atoms with Gasteiger partial charge in [-0.25, -0.2) is 0 Å². The number of carbonyl (C=O) groups is 1. The molecule has 1 aromatic rings. The molecule has 4 nitrogen and oxygen atoms in total. The van der Waals surface area contributed by atoms with Gasteiger partial charge in [0.25, 0.3) is 0 Å². The van der Waals surface area contributed by atoms with Gasteiger partial charge in [-0.1, -0.05) is 6.08 Å². The molecule has 0 fully saturated rings. The molecule has 80 valence electrons. The highest BCUT2D eigenvalue weighted by Crippen LogP contribution is 2.21. The first-order chi connectivity index (χ1) is 7.15. The van der Waals surface area contributed by atoms with E-state index in [0.717, 1.165) is 5.69 Å². The molecule has 0 aliphatic carbocycles. The van der Waals surface area contributed by atoms with E-state index in [4.69, 9.17) is 0 Å². The van der Waals surface area contributed by atoms with Gasteiger partial charge in [-0.15, -0.1) is 0 Å². The number of rotatable bonds is 3. The summed E-state index contributed by atoms with van der Waals surface area (Å²) in [6.07, 6.45) is 6.50. The summed E-state index contributed by atoms with van der Waals surface area (Å²) >= 11 is 0. The van der Waals surface area contributed by atoms with Crippen molar-refractivity contribution in [3.05, 3.63) is 30.6 Å². The van der Waals surface area contributed by atoms with Crippen LogP contribution in [0.3, 0.4) is 0 Å². The lowest BCUT2D eigenvalue weighted by atomic mass is 10.3. The van der Waals surface area contributed by atoms with Crippen molar-refractivity contribution in [1.82, 2.24) is 4.98 Å². The van der Waals surface area contributed by atoms with Gasteiger partial charge in [-0.05, 0) is 19.1 Å². The van der Waals surface area contributed by atoms with Gasteiger partial charge in [0.1, 0.15) is 0 Å². The first-order valence-electron chi connectivity index (χ1n) is 4.70. The lowest BCUT2D eigenvalue weighted by molar-refractivity contribution is -0.111. The average Bonchev–Trinajstić information content (AvgIpc) is 2.18. The number of nitrogens with zero attached hydrogens (tertiary/aromatic N) is 2. The molecule has 0 bridgehead atoms. The van der Waals surface area contributed by atoms with Crippen LogP contribution in [0.5, 0.6) is 0 Å². The highest BCUT2D eigenvalue weighted by Gasteiger charge is 2.05. The molecular weight excluding hydrogens is 190 g/mol. The number of carbonyl (C=O) groups excluding carboxylic acids is 1. The number of amides is 1. The Morgan fingerprint density at radius 2 is 2.27 bits per heavy atom. The molecule has 1 amide bonds. The van der Waals surface area contributed by atoms with Crippen LogP contribution >= 0.6 is 0 Å². The second-order valence-electron chi connectivity index (χ2n) is 3.28. The van der Waals surface area contributed by atoms with E-state index in [9.17, 15) is 4.79 Å². The Morgan fingerprint density at radius 3 is 2.87 bits per heavy atom. The van der Waals surface area contributed by atoms with E-state index in [1.54, 1.807) is 25.4 Å². The molecule has 15 heavy (non-hydrogen) atoms. The van der Waals surface area contributed by atoms with Crippen LogP contribution in [-0.4, -0.2) is 25.0 Å². The Balaban J connectivity index is 2.89. The molecular formula is C11H15N3O. The fourth-order valence-corrected chi connectivity index (χ4v) is 1.20. The minimum Gasteiger partial charge on any atom is -0.376 e. The number of hydrogen-bond acceptors (Lipinski definition) is 3. The molecule has 1 aromatic heterocycles. The fourth-order valence-electron chi connectivity index (χ4n) is 1.20. The normalized spacial score (nSPS) is 10.3. The average molecular weight is 205 g/mol. The lowest BCUT2D eigenvalue weighted by Gasteiger charge is -2.16. The van der Waals surface area contributed by atoms with Crippen molar-refractivity contribution in [2.45, 2.75) is 6.92 Å². The topological polar surface area (TPSA) is 45.2 Å². The molecule has 1 rings (SSSR count). The molecule has 0 unspecified atom stereocenters. The van der Waals surface area contributed by atoms with Gasteiger partial charge < -0.3 is 10.2 Å². The summed E-state index contributed by atoms with van der Waals surface area (Å²) in [6.45, 7) is 1.80. The van der Waals surface area contributed by atoms with Crippen LogP contribution in [0.1, 0.15) is 6.92 Å². The van der Waals surface area contributed by atoms with E-state index >= 15 is 0 Å². The maximum absolute atomic E-state index is 11.3. The van der Waals surface area contributed by atoms with Gasteiger partial charge in [-0.3, -0.25) is 9.78 Å². The molecule has 1 heterocycles. The Hall–Kier alpha value is -1.84. The van der Waals surface area contributed by atoms with E-state index in [1.807, 2.05) is 25.1 Å². The minimum atomic E-state index is -0.145. The van der Waals surface area contributed by atoms with Gasteiger partial charge >= 0.3 is 0 Å². The molecule has 0 aromatic carbocycles. The van der Waals surface area contributed by atoms with E-state index in [-0.39, 0.29) is 5.91 Å². The Bertz CT molecular complexity index is 372. The van der Waals surface area contributed by atoms with Crippen LogP contribution < -0.4 is 10.2 Å². The van der Waals surface area contributed by atoms with Crippen molar-refractivity contribution in [3.8, 4) is 0 Å². The number of pyridine rings is 1. The number of nitrogens with one attached hydrogen (secondary N) is 1. The number of anilines is 2. The number of aromatic nitrogens is 1. The zero-order chi connectivity index (χ0) is 11.3. The highest BCUT2D eigenvalue weighted by molar-refractivity contribution is 6.01. The Morgan fingerprint density at radius 1 is 1.53 bits per heavy atom. The summed E-state index contributed by atoms with van der Waals surface area (Å²) in [5.74, 6) is -0.145. The monoisotopic (exact) mass is 205 g/mol. The van der Waals surface area contributed by atoms with Crippen molar-refractivity contribution in [2.24, 2.45) is 0 Å². The maximum Gasteiger partial charge on any atom is 0.248 e. The maximum atomic E-state index is 11.3. The second kappa shape index (κ2) is 5.14. The largest absolute Gasteiger partial charge is 0.376 e. The second-order valence-corrected chi connectivity index (χ2v) is 3.28. The zero-order valence-corrected chi connectivity index (χ0v) is 9.19. The van der Waals surface area contributed by atoms with E-state index in [2.05, 4.69) is 10.3 Å². The van der Waals surface area contributed by atoms with E-state index < -0.39 is 0 Å². The summed E-state index contributed by atoms with van der Waals surface area (Å²) in [5, 5.41) is 2.76. The molecule has 0 aliphatic rings. The molecule has 0 atom stereocenters. The van der Waals surface area contributed by atoms with Crippen LogP contribution in [-0.2, 0) is 4.79 Å². The van der Waals surface area contributed by atoms with Gasteiger partial charge in [0, 0.05) is 20.3 Å². The lowest BCUT2D eigenvalue weighted by Crippen LogP contribution is -2.15. The molecule has 0 saturated heterocycles. The first-order valence-corrected chi connectivity index (χ1v) is 4.70. The summed E-state index contributed by atoms with van der Waals surface area (Å²) in [5.41, 5.74) is 1.65. The summed E-state index contributed by atoms with van der Waals surface area (Å²) in [4.78, 5) is 17.2. The van der Waals surface area contributed by atoms with Crippen LogP contribution in [0.15, 0.2) is 30.6 Å². The third kappa shape index (κ3) is 3.09. The third-order valence-corrected chi connectivity index (χ3v) is 1.86. The Labute approximate surface area is 89.6 Å². The molecule has 0 spiro atoms. The van der Waals surface area contributed by atoms with Crippen molar-refractivity contribution < 1.29 is 4.79 Å². The SMILES string of the molecule is CC=CC(=O)Nc1cnccc1N(C)C. The standard InChI is InChI=1S/C11H15N3O/c1-4-5-11(15)13-9-8-12-7-6-10(9)14(2)3/h4-8H,1-3H3,(H,13,15). The van der Waals surface area contributed by atoms with Crippen molar-refractivity contribution in [2.75, 3.05) is 24.3 Å². The number of hydrogen-bond donors (Lipinski definition) is 1. The smallest absolute Gasteiger partial charge is 0.248 e. The first kappa shape index (κ1) is 11.2. The van der Waals surface area contributed by atoms with Crippen molar-refractivity contribution >= 4 is 17.3 Å². The zero-order valence-electron chi connectivity index (χ0n) is 9.19. The molecule has 4 heteroatoms. The molecule has 1 N–H and O–H groups in total. The van der Waals surface area contributed by atoms with E-state index in [0.29, 0.717) is 5.69 Å². The van der Waals surface area contributed by atoms with Crippen molar-refractivity contribution in [1.29, 1.82) is 0 Å². The predicted octanol–water partition coefficient (Wildman–Crippen LogP) is 1.66. The molecule has 0 aliphatic heterocycles. The van der Waals surface area contributed by atoms with Gasteiger partial charge in [0.15, 0.2) is 0 Å². The predicted molar refractivity (Wildman–Crippen MR) is 62.0 cm³/mol. The summed E-state index contributed by atoms with van der Waals surface area (Å²) in [7, 11) is 3.83. The summed E-state index contributed by atoms with van der Waals surface area (Å²) < 4.78 is 0. The van der Waals surface area contributed by atoms with Crippen LogP contribution in [0.2, 0.25) is 0 Å². The quantitative estimate of drug-likeness (QED) is 0.763. The van der Waals surface area contributed by atoms with Crippen LogP contribution in [0.4, 0.5) is 11.4 Å². The number of allylic oxidation sites excluding steroid dienone is 1. The van der Waals surface area contributed by atoms with Gasteiger partial charge in [0.05, 0.1) is 17.6 Å². The summed E-state index contributed by atoms with van der Waals surface area (Å²) in [6, 6.07) is 1.85. The molecule has 0 radical (unpaired) electrons. The highest BCUT2D eigenvalue weighted by atomic mass is 16.1. The molecule has 0 saturated carbocycles. The fraction of sp³-hybridized carbons (Fsp3) is 0.273. The van der Waals surface area contributed by atoms with Gasteiger partial charge in [-0.2, -0.15) is 0 Å². The van der Waals surface area contributed by atoms with Crippen molar-refractivity contribution in [3.63, 3.8) is 0 Å². The van der Waals surface area contributed by atoms with E-state index in [1.165, 1.54) is 6.08 Å². The minimum absolute atomic E-state index is 0.145.